The molecule has 0 saturated heterocycles. The van der Waals surface area contributed by atoms with Crippen LogP contribution < -0.4 is 10.1 Å². The zero-order chi connectivity index (χ0) is 20.0. The maximum absolute atomic E-state index is 12.4. The molecule has 8 heteroatoms. The molecule has 1 amide bonds. The number of rotatable bonds is 6. The van der Waals surface area contributed by atoms with Gasteiger partial charge in [-0.3, -0.25) is 4.79 Å². The fourth-order valence-electron chi connectivity index (χ4n) is 2.18. The summed E-state index contributed by atoms with van der Waals surface area (Å²) in [6, 6.07) is 11.1. The monoisotopic (exact) mass is 492 g/mol. The van der Waals surface area contributed by atoms with E-state index >= 15 is 0 Å². The highest BCUT2D eigenvalue weighted by Crippen LogP contribution is 2.34. The lowest BCUT2D eigenvalue weighted by molar-refractivity contribution is -0.112. The van der Waals surface area contributed by atoms with Gasteiger partial charge in [-0.15, -0.1) is 0 Å². The second-order valence-electron chi connectivity index (χ2n) is 5.25. The van der Waals surface area contributed by atoms with Crippen LogP contribution >= 0.6 is 31.9 Å². The highest BCUT2D eigenvalue weighted by Gasteiger charge is 2.14. The van der Waals surface area contributed by atoms with Crippen molar-refractivity contribution in [2.24, 2.45) is 0 Å². The Kier molecular flexibility index (Phi) is 7.16. The maximum atomic E-state index is 12.4. The number of nitrogens with one attached hydrogen (secondary N) is 1. The average Bonchev–Trinajstić information content (AvgIpc) is 2.62. The van der Waals surface area contributed by atoms with Crippen molar-refractivity contribution in [3.05, 3.63) is 62.0 Å². The van der Waals surface area contributed by atoms with Gasteiger partial charge in [0.1, 0.15) is 17.4 Å². The van der Waals surface area contributed by atoms with Crippen LogP contribution in [-0.4, -0.2) is 23.6 Å². The fraction of sp³-hybridized carbons (Fsp3) is 0.105. The van der Waals surface area contributed by atoms with Crippen LogP contribution in [0.25, 0.3) is 6.08 Å². The first-order chi connectivity index (χ1) is 12.8. The van der Waals surface area contributed by atoms with E-state index in [0.29, 0.717) is 28.1 Å². The van der Waals surface area contributed by atoms with Crippen molar-refractivity contribution in [1.29, 1.82) is 5.26 Å². The second kappa shape index (κ2) is 9.35. The number of halogens is 2. The minimum absolute atomic E-state index is 0.101. The van der Waals surface area contributed by atoms with Crippen LogP contribution in [0.3, 0.4) is 0 Å². The maximum Gasteiger partial charge on any atom is 0.335 e. The molecular weight excluding hydrogens is 480 g/mol. The Morgan fingerprint density at radius 3 is 2.48 bits per heavy atom. The molecule has 0 aliphatic rings. The number of nitrogens with zero attached hydrogens (tertiary/aromatic N) is 1. The molecule has 0 aliphatic heterocycles. The number of carbonyl (C=O) groups excluding carboxylic acids is 1. The van der Waals surface area contributed by atoms with Gasteiger partial charge in [0, 0.05) is 15.7 Å². The predicted octanol–water partition coefficient (Wildman–Crippen LogP) is 4.85. The molecule has 2 aromatic carbocycles. The zero-order valence-electron chi connectivity index (χ0n) is 14.1. The molecule has 0 atom stereocenters. The van der Waals surface area contributed by atoms with Crippen LogP contribution in [0.5, 0.6) is 5.75 Å². The van der Waals surface area contributed by atoms with Crippen molar-refractivity contribution in [3.63, 3.8) is 0 Å². The van der Waals surface area contributed by atoms with Gasteiger partial charge in [-0.05, 0) is 65.3 Å². The summed E-state index contributed by atoms with van der Waals surface area (Å²) in [6.45, 7) is 2.26. The first kappa shape index (κ1) is 20.7. The van der Waals surface area contributed by atoms with E-state index in [2.05, 4.69) is 37.2 Å². The molecule has 0 aliphatic carbocycles. The smallest absolute Gasteiger partial charge is 0.335 e. The lowest BCUT2D eigenvalue weighted by Gasteiger charge is -2.11. The Morgan fingerprint density at radius 2 is 1.93 bits per heavy atom. The first-order valence-corrected chi connectivity index (χ1v) is 9.32. The number of benzene rings is 2. The predicted molar refractivity (Wildman–Crippen MR) is 109 cm³/mol. The van der Waals surface area contributed by atoms with E-state index in [1.54, 1.807) is 12.1 Å². The van der Waals surface area contributed by atoms with E-state index in [1.165, 1.54) is 30.3 Å². The van der Waals surface area contributed by atoms with Gasteiger partial charge in [0.25, 0.3) is 5.91 Å². The van der Waals surface area contributed by atoms with E-state index in [0.717, 1.165) is 4.47 Å². The molecule has 138 valence electrons. The number of carboxylic acids is 1. The highest BCUT2D eigenvalue weighted by molar-refractivity contribution is 9.11. The zero-order valence-corrected chi connectivity index (χ0v) is 17.3. The summed E-state index contributed by atoms with van der Waals surface area (Å²) < 4.78 is 7.04. The largest absolute Gasteiger partial charge is 0.492 e. The van der Waals surface area contributed by atoms with E-state index in [9.17, 15) is 14.9 Å². The summed E-state index contributed by atoms with van der Waals surface area (Å²) in [5, 5.41) is 20.9. The van der Waals surface area contributed by atoms with Gasteiger partial charge in [0.2, 0.25) is 0 Å². The number of carbonyl (C=O) groups is 2. The normalized spacial score (nSPS) is 10.8. The lowest BCUT2D eigenvalue weighted by atomic mass is 10.1. The van der Waals surface area contributed by atoms with Gasteiger partial charge in [0.15, 0.2) is 0 Å². The Morgan fingerprint density at radius 1 is 1.26 bits per heavy atom. The number of anilines is 1. The number of carboxylic acid groups (broad SMARTS) is 1. The van der Waals surface area contributed by atoms with Crippen LogP contribution in [0, 0.1) is 11.3 Å². The third-order valence-electron chi connectivity index (χ3n) is 3.38. The summed E-state index contributed by atoms with van der Waals surface area (Å²) in [4.78, 5) is 23.3. The van der Waals surface area contributed by atoms with E-state index in [4.69, 9.17) is 9.84 Å². The topological polar surface area (TPSA) is 99.4 Å². The molecule has 0 heterocycles. The SMILES string of the molecule is CCOc1c(Br)cc(Br)cc1/C=C(\C#N)C(=O)Nc1ccc(C(=O)O)cc1. The van der Waals surface area contributed by atoms with Gasteiger partial charge < -0.3 is 15.2 Å². The Bertz CT molecular complexity index is 947. The summed E-state index contributed by atoms with van der Waals surface area (Å²) in [5.74, 6) is -1.15. The number of ether oxygens (including phenoxy) is 1. The lowest BCUT2D eigenvalue weighted by Crippen LogP contribution is -2.13. The molecule has 0 spiro atoms. The van der Waals surface area contributed by atoms with Gasteiger partial charge in [-0.25, -0.2) is 4.79 Å². The number of nitriles is 1. The van der Waals surface area contributed by atoms with Gasteiger partial charge >= 0.3 is 5.97 Å². The number of hydrogen-bond acceptors (Lipinski definition) is 4. The van der Waals surface area contributed by atoms with Gasteiger partial charge in [-0.2, -0.15) is 5.26 Å². The summed E-state index contributed by atoms with van der Waals surface area (Å²) >= 11 is 6.78. The van der Waals surface area contributed by atoms with Crippen LogP contribution in [0.2, 0.25) is 0 Å². The summed E-state index contributed by atoms with van der Waals surface area (Å²) in [5.41, 5.74) is 0.922. The van der Waals surface area contributed by atoms with E-state index in [1.807, 2.05) is 13.0 Å². The second-order valence-corrected chi connectivity index (χ2v) is 7.02. The number of hydrogen-bond donors (Lipinski definition) is 2. The van der Waals surface area contributed by atoms with Crippen LogP contribution in [0.1, 0.15) is 22.8 Å². The molecule has 27 heavy (non-hydrogen) atoms. The molecule has 2 N–H and O–H groups in total. The van der Waals surface area contributed by atoms with Crippen molar-refractivity contribution >= 4 is 55.5 Å². The number of aromatic carboxylic acids is 1. The van der Waals surface area contributed by atoms with Crippen LogP contribution in [0.4, 0.5) is 5.69 Å². The highest BCUT2D eigenvalue weighted by atomic mass is 79.9. The van der Waals surface area contributed by atoms with Crippen molar-refractivity contribution in [2.75, 3.05) is 11.9 Å². The summed E-state index contributed by atoms with van der Waals surface area (Å²) in [7, 11) is 0. The Hall–Kier alpha value is -2.63. The molecule has 0 unspecified atom stereocenters. The molecule has 0 aromatic heterocycles. The van der Waals surface area contributed by atoms with Crippen molar-refractivity contribution < 1.29 is 19.4 Å². The molecule has 6 nitrogen and oxygen atoms in total. The first-order valence-electron chi connectivity index (χ1n) is 7.74. The Labute approximate surface area is 172 Å². The molecule has 0 fully saturated rings. The minimum atomic E-state index is -1.06. The quantitative estimate of drug-likeness (QED) is 0.442. The minimum Gasteiger partial charge on any atom is -0.492 e. The molecule has 0 bridgehead atoms. The van der Waals surface area contributed by atoms with Gasteiger partial charge in [0.05, 0.1) is 16.6 Å². The van der Waals surface area contributed by atoms with E-state index < -0.39 is 11.9 Å². The van der Waals surface area contributed by atoms with Crippen molar-refractivity contribution in [1.82, 2.24) is 0 Å². The van der Waals surface area contributed by atoms with Gasteiger partial charge in [-0.1, -0.05) is 15.9 Å². The number of amides is 1. The third kappa shape index (κ3) is 5.42. The standard InChI is InChI=1S/C19H14Br2N2O4/c1-2-27-17-12(8-14(20)9-16(17)21)7-13(10-22)18(24)23-15-5-3-11(4-6-15)19(25)26/h3-9H,2H2,1H3,(H,23,24)(H,25,26)/b13-7+. The molecule has 2 aromatic rings. The third-order valence-corrected chi connectivity index (χ3v) is 4.43. The Balaban J connectivity index is 2.32. The molecule has 2 rings (SSSR count). The van der Waals surface area contributed by atoms with E-state index in [-0.39, 0.29) is 11.1 Å². The van der Waals surface area contributed by atoms with Crippen molar-refractivity contribution in [2.45, 2.75) is 6.92 Å². The van der Waals surface area contributed by atoms with Crippen LogP contribution in [-0.2, 0) is 4.79 Å². The average molecular weight is 494 g/mol. The summed E-state index contributed by atoms with van der Waals surface area (Å²) in [6.07, 6.45) is 1.43. The van der Waals surface area contributed by atoms with Crippen molar-refractivity contribution in [3.8, 4) is 11.8 Å². The molecule has 0 radical (unpaired) electrons. The fourth-order valence-corrected chi connectivity index (χ4v) is 3.56. The molecule has 0 saturated carbocycles. The van der Waals surface area contributed by atoms with Crippen LogP contribution in [0.15, 0.2) is 50.9 Å². The molecular formula is C19H14Br2N2O4.